The number of aryl methyl sites for hydroxylation is 1. The summed E-state index contributed by atoms with van der Waals surface area (Å²) >= 11 is 0. The van der Waals surface area contributed by atoms with Crippen LogP contribution in [0.15, 0.2) is 24.3 Å². The summed E-state index contributed by atoms with van der Waals surface area (Å²) in [5, 5.41) is 6.98. The molecule has 1 amide bonds. The van der Waals surface area contributed by atoms with Gasteiger partial charge in [0.05, 0.1) is 31.9 Å². The van der Waals surface area contributed by atoms with Gasteiger partial charge in [-0.1, -0.05) is 11.6 Å². The summed E-state index contributed by atoms with van der Waals surface area (Å²) in [5.41, 5.74) is 1.22. The number of amides is 1. The summed E-state index contributed by atoms with van der Waals surface area (Å²) in [6.07, 6.45) is 6.26. The van der Waals surface area contributed by atoms with Crippen LogP contribution in [0.25, 0.3) is 0 Å². The zero-order chi connectivity index (χ0) is 15.8. The van der Waals surface area contributed by atoms with Crippen molar-refractivity contribution in [2.45, 2.75) is 45.4 Å². The molecule has 1 N–H and O–H groups in total. The molecule has 7 nitrogen and oxygen atoms in total. The summed E-state index contributed by atoms with van der Waals surface area (Å²) in [6, 6.07) is -0.0949. The fourth-order valence-corrected chi connectivity index (χ4v) is 2.23. The number of carbonyl (C=O) groups is 1. The number of rotatable bonds is 7. The fourth-order valence-electron chi connectivity index (χ4n) is 2.23. The third-order valence-corrected chi connectivity index (χ3v) is 3.48. The van der Waals surface area contributed by atoms with E-state index in [-0.39, 0.29) is 18.1 Å². The minimum Gasteiger partial charge on any atom is -0.379 e. The van der Waals surface area contributed by atoms with Crippen LogP contribution >= 0.6 is 0 Å². The second-order valence-corrected chi connectivity index (χ2v) is 5.60. The van der Waals surface area contributed by atoms with Crippen molar-refractivity contribution in [3.8, 4) is 0 Å². The molecule has 0 bridgehead atoms. The van der Waals surface area contributed by atoms with Gasteiger partial charge < -0.3 is 14.8 Å². The molecule has 22 heavy (non-hydrogen) atoms. The maximum absolute atomic E-state index is 12.0. The Morgan fingerprint density at radius 1 is 1.55 bits per heavy atom. The maximum Gasteiger partial charge on any atom is 0.222 e. The van der Waals surface area contributed by atoms with Gasteiger partial charge in [0.25, 0.3) is 0 Å². The first-order chi connectivity index (χ1) is 10.6. The molecule has 7 heteroatoms. The second kappa shape index (κ2) is 8.65. The molecule has 1 saturated heterocycles. The number of nitrogens with one attached hydrogen (secondary N) is 1. The first kappa shape index (κ1) is 16.6. The van der Waals surface area contributed by atoms with Crippen molar-refractivity contribution >= 4 is 5.91 Å². The van der Waals surface area contributed by atoms with Gasteiger partial charge in [0.1, 0.15) is 12.7 Å². The average Bonchev–Trinajstić information content (AvgIpc) is 3.00. The lowest BCUT2D eigenvalue weighted by Gasteiger charge is -2.31. The van der Waals surface area contributed by atoms with E-state index >= 15 is 0 Å². The molecule has 0 spiro atoms. The highest BCUT2D eigenvalue weighted by atomic mass is 16.5. The normalized spacial score (nSPS) is 21.4. The van der Waals surface area contributed by atoms with Crippen LogP contribution in [0.1, 0.15) is 26.7 Å². The van der Waals surface area contributed by atoms with Gasteiger partial charge in [0.15, 0.2) is 0 Å². The first-order valence-electron chi connectivity index (χ1n) is 7.59. The van der Waals surface area contributed by atoms with Gasteiger partial charge in [0.2, 0.25) is 5.91 Å². The zero-order valence-corrected chi connectivity index (χ0v) is 13.2. The van der Waals surface area contributed by atoms with Gasteiger partial charge in [0, 0.05) is 13.0 Å². The van der Waals surface area contributed by atoms with Crippen LogP contribution in [-0.4, -0.2) is 52.6 Å². The summed E-state index contributed by atoms with van der Waals surface area (Å²) in [5.74, 6) is -0.0261. The van der Waals surface area contributed by atoms with Crippen LogP contribution in [0.4, 0.5) is 0 Å². The molecule has 1 aliphatic rings. The molecule has 122 valence electrons. The Bertz CT molecular complexity index is 483. The number of aromatic nitrogens is 3. The van der Waals surface area contributed by atoms with Gasteiger partial charge in [-0.15, -0.1) is 0 Å². The largest absolute Gasteiger partial charge is 0.379 e. The summed E-state index contributed by atoms with van der Waals surface area (Å²) < 4.78 is 13.0. The Morgan fingerprint density at radius 3 is 3.14 bits per heavy atom. The molecule has 0 unspecified atom stereocenters. The molecule has 1 aromatic rings. The highest BCUT2D eigenvalue weighted by Gasteiger charge is 2.27. The zero-order valence-electron chi connectivity index (χ0n) is 13.2. The Morgan fingerprint density at radius 2 is 2.41 bits per heavy atom. The van der Waals surface area contributed by atoms with Crippen molar-refractivity contribution in [1.82, 2.24) is 20.1 Å². The SMILES string of the molecule is CC(C)=CCO[C@H]1CCOC[C@H]1NC(=O)CCn1cncn1. The van der Waals surface area contributed by atoms with Crippen LogP contribution in [0.2, 0.25) is 0 Å². The van der Waals surface area contributed by atoms with Crippen molar-refractivity contribution in [1.29, 1.82) is 0 Å². The fraction of sp³-hybridized carbons (Fsp3) is 0.667. The van der Waals surface area contributed by atoms with E-state index < -0.39 is 0 Å². The lowest BCUT2D eigenvalue weighted by Crippen LogP contribution is -2.50. The average molecular weight is 308 g/mol. The number of hydrogen-bond acceptors (Lipinski definition) is 5. The van der Waals surface area contributed by atoms with Gasteiger partial charge in [-0.2, -0.15) is 5.10 Å². The van der Waals surface area contributed by atoms with E-state index in [0.717, 1.165) is 6.42 Å². The van der Waals surface area contributed by atoms with Crippen LogP contribution in [0.3, 0.4) is 0 Å². The van der Waals surface area contributed by atoms with Crippen LogP contribution in [-0.2, 0) is 20.8 Å². The highest BCUT2D eigenvalue weighted by Crippen LogP contribution is 2.12. The third kappa shape index (κ3) is 5.57. The van der Waals surface area contributed by atoms with E-state index in [2.05, 4.69) is 15.4 Å². The minimum atomic E-state index is -0.0949. The molecule has 1 fully saturated rings. The Kier molecular flexibility index (Phi) is 6.54. The number of allylic oxidation sites excluding steroid dienone is 1. The Labute approximate surface area is 130 Å². The van der Waals surface area contributed by atoms with Gasteiger partial charge in [-0.05, 0) is 20.3 Å². The van der Waals surface area contributed by atoms with E-state index in [1.807, 2.05) is 19.9 Å². The molecule has 1 aromatic heterocycles. The van der Waals surface area contributed by atoms with E-state index in [0.29, 0.717) is 32.8 Å². The van der Waals surface area contributed by atoms with Crippen molar-refractivity contribution in [3.05, 3.63) is 24.3 Å². The highest BCUT2D eigenvalue weighted by molar-refractivity contribution is 5.76. The smallest absolute Gasteiger partial charge is 0.222 e. The number of carbonyl (C=O) groups excluding carboxylic acids is 1. The third-order valence-electron chi connectivity index (χ3n) is 3.48. The maximum atomic E-state index is 12.0. The van der Waals surface area contributed by atoms with E-state index in [4.69, 9.17) is 9.47 Å². The van der Waals surface area contributed by atoms with Crippen molar-refractivity contribution in [2.75, 3.05) is 19.8 Å². The van der Waals surface area contributed by atoms with E-state index in [1.54, 1.807) is 11.0 Å². The molecule has 0 aliphatic carbocycles. The minimum absolute atomic E-state index is 0.000306. The van der Waals surface area contributed by atoms with Gasteiger partial charge >= 0.3 is 0 Å². The van der Waals surface area contributed by atoms with Gasteiger partial charge in [-0.25, -0.2) is 4.98 Å². The summed E-state index contributed by atoms with van der Waals surface area (Å²) in [6.45, 7) is 6.33. The molecule has 2 atom stereocenters. The molecular formula is C15H24N4O3. The molecule has 0 saturated carbocycles. The molecular weight excluding hydrogens is 284 g/mol. The van der Waals surface area contributed by atoms with Crippen molar-refractivity contribution in [3.63, 3.8) is 0 Å². The standard InChI is InChI=1S/C15H24N4O3/c1-12(2)4-8-22-14-5-7-21-9-13(14)18-15(20)3-6-19-11-16-10-17-19/h4,10-11,13-14H,3,5-9H2,1-2H3,(H,18,20)/t13-,14+/m1/s1. The monoisotopic (exact) mass is 308 g/mol. The topological polar surface area (TPSA) is 78.3 Å². The summed E-state index contributed by atoms with van der Waals surface area (Å²) in [7, 11) is 0. The number of ether oxygens (including phenoxy) is 2. The summed E-state index contributed by atoms with van der Waals surface area (Å²) in [4.78, 5) is 15.9. The molecule has 2 rings (SSSR count). The molecule has 0 radical (unpaired) electrons. The van der Waals surface area contributed by atoms with Crippen molar-refractivity contribution in [2.24, 2.45) is 0 Å². The van der Waals surface area contributed by atoms with Crippen LogP contribution in [0.5, 0.6) is 0 Å². The van der Waals surface area contributed by atoms with E-state index in [9.17, 15) is 4.79 Å². The quantitative estimate of drug-likeness (QED) is 0.758. The Hall–Kier alpha value is -1.73. The lowest BCUT2D eigenvalue weighted by molar-refractivity contribution is -0.126. The van der Waals surface area contributed by atoms with E-state index in [1.165, 1.54) is 11.9 Å². The Balaban J connectivity index is 1.77. The van der Waals surface area contributed by atoms with Crippen LogP contribution < -0.4 is 5.32 Å². The predicted octanol–water partition coefficient (Wildman–Crippen LogP) is 0.925. The molecule has 2 heterocycles. The number of nitrogens with zero attached hydrogens (tertiary/aromatic N) is 3. The van der Waals surface area contributed by atoms with Crippen LogP contribution in [0, 0.1) is 0 Å². The van der Waals surface area contributed by atoms with Gasteiger partial charge in [-0.3, -0.25) is 9.48 Å². The lowest BCUT2D eigenvalue weighted by atomic mass is 10.1. The first-order valence-corrected chi connectivity index (χ1v) is 7.59. The second-order valence-electron chi connectivity index (χ2n) is 5.60. The molecule has 1 aliphatic heterocycles. The molecule has 0 aromatic carbocycles. The predicted molar refractivity (Wildman–Crippen MR) is 81.2 cm³/mol. The van der Waals surface area contributed by atoms with Crippen molar-refractivity contribution < 1.29 is 14.3 Å². The number of hydrogen-bond donors (Lipinski definition) is 1.